The lowest BCUT2D eigenvalue weighted by Crippen LogP contribution is -2.34. The van der Waals surface area contributed by atoms with E-state index in [0.717, 1.165) is 12.2 Å². The van der Waals surface area contributed by atoms with E-state index in [4.69, 9.17) is 11.5 Å². The summed E-state index contributed by atoms with van der Waals surface area (Å²) in [6, 6.07) is 2.85. The van der Waals surface area contributed by atoms with Crippen LogP contribution < -0.4 is 16.8 Å². The Morgan fingerprint density at radius 2 is 2.12 bits per heavy atom. The first-order valence-corrected chi connectivity index (χ1v) is 6.13. The van der Waals surface area contributed by atoms with Gasteiger partial charge in [0.05, 0.1) is 0 Å². The molecular formula is C11H18N6. The molecule has 0 spiro atoms. The van der Waals surface area contributed by atoms with Crippen molar-refractivity contribution in [3.05, 3.63) is 6.07 Å². The molecule has 0 saturated carbocycles. The standard InChI is InChI=1S/C11H18N6/c12-9-6-10(16-11(13)15-9)14-7-3-5-17-4-1-2-8(7)17/h6-8H,1-5H2,(H5,12,13,14,15,16). The monoisotopic (exact) mass is 234 g/mol. The SMILES string of the molecule is Nc1cc(NC2CCN3CCCC23)nc(N)n1. The molecule has 3 rings (SSSR count). The lowest BCUT2D eigenvalue weighted by atomic mass is 10.1. The molecule has 2 aliphatic rings. The van der Waals surface area contributed by atoms with Crippen LogP contribution in [0.2, 0.25) is 0 Å². The van der Waals surface area contributed by atoms with E-state index < -0.39 is 0 Å². The Labute approximate surface area is 100 Å². The molecule has 0 bridgehead atoms. The summed E-state index contributed by atoms with van der Waals surface area (Å²) >= 11 is 0. The molecule has 2 atom stereocenters. The maximum absolute atomic E-state index is 5.66. The summed E-state index contributed by atoms with van der Waals surface area (Å²) in [6.45, 7) is 2.41. The number of nitrogens with one attached hydrogen (secondary N) is 1. The quantitative estimate of drug-likeness (QED) is 0.681. The van der Waals surface area contributed by atoms with Gasteiger partial charge in [0.25, 0.3) is 0 Å². The van der Waals surface area contributed by atoms with Crippen molar-refractivity contribution in [2.45, 2.75) is 31.3 Å². The molecule has 6 heteroatoms. The van der Waals surface area contributed by atoms with E-state index in [0.29, 0.717) is 17.9 Å². The number of hydrogen-bond donors (Lipinski definition) is 3. The molecule has 0 amide bonds. The molecule has 0 aliphatic carbocycles. The molecule has 1 aromatic rings. The highest BCUT2D eigenvalue weighted by Gasteiger charge is 2.37. The number of nitrogens with zero attached hydrogens (tertiary/aromatic N) is 3. The number of fused-ring (bicyclic) bond motifs is 1. The number of anilines is 3. The largest absolute Gasteiger partial charge is 0.383 e. The highest BCUT2D eigenvalue weighted by Crippen LogP contribution is 2.29. The van der Waals surface area contributed by atoms with Gasteiger partial charge in [0.15, 0.2) is 0 Å². The summed E-state index contributed by atoms with van der Waals surface area (Å²) in [5.74, 6) is 1.39. The van der Waals surface area contributed by atoms with Crippen molar-refractivity contribution in [3.63, 3.8) is 0 Å². The Balaban J connectivity index is 1.74. The molecule has 2 saturated heterocycles. The van der Waals surface area contributed by atoms with Gasteiger partial charge < -0.3 is 16.8 Å². The number of hydrogen-bond acceptors (Lipinski definition) is 6. The Bertz CT molecular complexity index is 400. The Kier molecular flexibility index (Phi) is 2.51. The van der Waals surface area contributed by atoms with Crippen LogP contribution in [0.25, 0.3) is 0 Å². The van der Waals surface area contributed by atoms with Crippen LogP contribution in [0.15, 0.2) is 6.07 Å². The predicted octanol–water partition coefficient (Wildman–Crippen LogP) is 0.290. The number of aromatic nitrogens is 2. The van der Waals surface area contributed by atoms with E-state index in [-0.39, 0.29) is 5.95 Å². The molecule has 1 aromatic heterocycles. The van der Waals surface area contributed by atoms with Gasteiger partial charge in [-0.05, 0) is 25.8 Å². The van der Waals surface area contributed by atoms with Gasteiger partial charge in [0.2, 0.25) is 5.95 Å². The van der Waals surface area contributed by atoms with Gasteiger partial charge >= 0.3 is 0 Å². The fourth-order valence-corrected chi connectivity index (χ4v) is 3.00. The zero-order chi connectivity index (χ0) is 11.8. The fourth-order valence-electron chi connectivity index (χ4n) is 3.00. The summed E-state index contributed by atoms with van der Waals surface area (Å²) in [5.41, 5.74) is 11.2. The van der Waals surface area contributed by atoms with Crippen LogP contribution in [0.1, 0.15) is 19.3 Å². The number of nitrogen functional groups attached to an aromatic ring is 2. The van der Waals surface area contributed by atoms with Crippen LogP contribution in [0, 0.1) is 0 Å². The molecule has 6 nitrogen and oxygen atoms in total. The van der Waals surface area contributed by atoms with Gasteiger partial charge in [-0.2, -0.15) is 9.97 Å². The zero-order valence-electron chi connectivity index (χ0n) is 9.76. The van der Waals surface area contributed by atoms with Crippen molar-refractivity contribution in [2.75, 3.05) is 29.9 Å². The summed E-state index contributed by atoms with van der Waals surface area (Å²) in [4.78, 5) is 10.6. The highest BCUT2D eigenvalue weighted by molar-refractivity contribution is 5.49. The van der Waals surface area contributed by atoms with E-state index in [1.54, 1.807) is 6.07 Å². The Morgan fingerprint density at radius 3 is 2.94 bits per heavy atom. The van der Waals surface area contributed by atoms with E-state index in [9.17, 15) is 0 Å². The third kappa shape index (κ3) is 2.00. The Hall–Kier alpha value is -1.56. The topological polar surface area (TPSA) is 93.1 Å². The van der Waals surface area contributed by atoms with Crippen molar-refractivity contribution < 1.29 is 0 Å². The van der Waals surface area contributed by atoms with Gasteiger partial charge in [-0.1, -0.05) is 0 Å². The first-order chi connectivity index (χ1) is 8.22. The first kappa shape index (κ1) is 10.6. The normalized spacial score (nSPS) is 28.2. The maximum atomic E-state index is 5.66. The smallest absolute Gasteiger partial charge is 0.223 e. The first-order valence-electron chi connectivity index (χ1n) is 6.13. The van der Waals surface area contributed by atoms with Crippen LogP contribution in [0.3, 0.4) is 0 Å². The molecule has 2 unspecified atom stereocenters. The Morgan fingerprint density at radius 1 is 1.24 bits per heavy atom. The molecule has 2 fully saturated rings. The summed E-state index contributed by atoms with van der Waals surface area (Å²) in [6.07, 6.45) is 3.74. The third-order valence-electron chi connectivity index (χ3n) is 3.70. The van der Waals surface area contributed by atoms with Crippen molar-refractivity contribution in [2.24, 2.45) is 0 Å². The van der Waals surface area contributed by atoms with E-state index >= 15 is 0 Å². The summed E-state index contributed by atoms with van der Waals surface area (Å²) in [7, 11) is 0. The van der Waals surface area contributed by atoms with Gasteiger partial charge in [-0.25, -0.2) is 0 Å². The van der Waals surface area contributed by atoms with Crippen molar-refractivity contribution >= 4 is 17.6 Å². The van der Waals surface area contributed by atoms with Crippen LogP contribution in [-0.2, 0) is 0 Å². The van der Waals surface area contributed by atoms with E-state index in [1.165, 1.54) is 25.9 Å². The molecule has 0 aromatic carbocycles. The second kappa shape index (κ2) is 4.03. The minimum absolute atomic E-state index is 0.230. The molecule has 92 valence electrons. The van der Waals surface area contributed by atoms with Gasteiger partial charge in [-0.15, -0.1) is 0 Å². The molecule has 5 N–H and O–H groups in total. The lowest BCUT2D eigenvalue weighted by molar-refractivity contribution is 0.318. The molecule has 0 radical (unpaired) electrons. The minimum Gasteiger partial charge on any atom is -0.383 e. The molecule has 2 aliphatic heterocycles. The highest BCUT2D eigenvalue weighted by atomic mass is 15.2. The van der Waals surface area contributed by atoms with Gasteiger partial charge in [-0.3, -0.25) is 4.90 Å². The predicted molar refractivity (Wildman–Crippen MR) is 67.5 cm³/mol. The van der Waals surface area contributed by atoms with Crippen molar-refractivity contribution in [1.82, 2.24) is 14.9 Å². The second-order valence-corrected chi connectivity index (χ2v) is 4.82. The number of rotatable bonds is 2. The van der Waals surface area contributed by atoms with Gasteiger partial charge in [0.1, 0.15) is 11.6 Å². The number of nitrogens with two attached hydrogens (primary N) is 2. The average Bonchev–Trinajstić information content (AvgIpc) is 2.81. The van der Waals surface area contributed by atoms with Crippen LogP contribution in [-0.4, -0.2) is 40.0 Å². The summed E-state index contributed by atoms with van der Waals surface area (Å²) in [5, 5.41) is 3.44. The minimum atomic E-state index is 0.230. The van der Waals surface area contributed by atoms with Crippen LogP contribution >= 0.6 is 0 Å². The van der Waals surface area contributed by atoms with E-state index in [1.807, 2.05) is 0 Å². The molecular weight excluding hydrogens is 216 g/mol. The lowest BCUT2D eigenvalue weighted by Gasteiger charge is -2.21. The zero-order valence-corrected chi connectivity index (χ0v) is 9.76. The average molecular weight is 234 g/mol. The van der Waals surface area contributed by atoms with Crippen LogP contribution in [0.4, 0.5) is 17.6 Å². The van der Waals surface area contributed by atoms with Crippen LogP contribution in [0.5, 0.6) is 0 Å². The van der Waals surface area contributed by atoms with Gasteiger partial charge in [0, 0.05) is 24.7 Å². The maximum Gasteiger partial charge on any atom is 0.223 e. The second-order valence-electron chi connectivity index (χ2n) is 4.82. The van der Waals surface area contributed by atoms with E-state index in [2.05, 4.69) is 20.2 Å². The fraction of sp³-hybridized carbons (Fsp3) is 0.636. The van der Waals surface area contributed by atoms with Crippen molar-refractivity contribution in [3.8, 4) is 0 Å². The molecule has 17 heavy (non-hydrogen) atoms. The molecule has 3 heterocycles. The third-order valence-corrected chi connectivity index (χ3v) is 3.70. The van der Waals surface area contributed by atoms with Crippen molar-refractivity contribution in [1.29, 1.82) is 0 Å². The summed E-state index contributed by atoms with van der Waals surface area (Å²) < 4.78 is 0.